The molecule has 3 aliphatic rings. The summed E-state index contributed by atoms with van der Waals surface area (Å²) in [5.41, 5.74) is 0.129. The van der Waals surface area contributed by atoms with Crippen molar-refractivity contribution in [2.45, 2.75) is 76.0 Å². The molecule has 1 unspecified atom stereocenters. The van der Waals surface area contributed by atoms with Crippen LogP contribution in [-0.2, 0) is 9.47 Å². The summed E-state index contributed by atoms with van der Waals surface area (Å²) in [6.07, 6.45) is 10.3. The van der Waals surface area contributed by atoms with Gasteiger partial charge in [-0.1, -0.05) is 12.8 Å². The van der Waals surface area contributed by atoms with E-state index < -0.39 is 0 Å². The molecule has 0 amide bonds. The molecule has 19 heavy (non-hydrogen) atoms. The Hall–Kier alpha value is -0.120. The average Bonchev–Trinajstić information content (AvgIpc) is 2.93. The highest BCUT2D eigenvalue weighted by molar-refractivity contribution is 4.93. The quantitative estimate of drug-likeness (QED) is 0.853. The minimum atomic E-state index is 0.129. The SMILES string of the molecule is C[C@@H](NC1CCOC2(CCOCC2)C1)C1CCCC1. The van der Waals surface area contributed by atoms with Gasteiger partial charge < -0.3 is 14.8 Å². The standard InChI is InChI=1S/C16H29NO2/c1-13(14-4-2-3-5-14)17-15-6-9-19-16(12-15)7-10-18-11-8-16/h13-15,17H,2-12H2,1H3/t13-,15?/m1/s1. The summed E-state index contributed by atoms with van der Waals surface area (Å²) in [4.78, 5) is 0. The Bertz CT molecular complexity index is 277. The first-order chi connectivity index (χ1) is 9.27. The minimum absolute atomic E-state index is 0.129. The normalized spacial score (nSPS) is 33.6. The van der Waals surface area contributed by atoms with Crippen molar-refractivity contribution in [1.29, 1.82) is 0 Å². The monoisotopic (exact) mass is 267 g/mol. The highest BCUT2D eigenvalue weighted by Crippen LogP contribution is 2.35. The molecule has 1 spiro atoms. The fourth-order valence-corrected chi connectivity index (χ4v) is 4.23. The first-order valence-corrected chi connectivity index (χ1v) is 8.25. The molecule has 1 saturated carbocycles. The summed E-state index contributed by atoms with van der Waals surface area (Å²) < 4.78 is 11.6. The average molecular weight is 267 g/mol. The molecular formula is C16H29NO2. The lowest BCUT2D eigenvalue weighted by Gasteiger charge is -2.44. The molecule has 0 aromatic heterocycles. The zero-order chi connectivity index (χ0) is 13.1. The lowest BCUT2D eigenvalue weighted by Crippen LogP contribution is -2.52. The van der Waals surface area contributed by atoms with Crippen molar-refractivity contribution in [3.8, 4) is 0 Å². The number of hydrogen-bond donors (Lipinski definition) is 1. The van der Waals surface area contributed by atoms with Gasteiger partial charge in [0.25, 0.3) is 0 Å². The Kier molecular flexibility index (Phi) is 4.45. The Morgan fingerprint density at radius 2 is 1.79 bits per heavy atom. The van der Waals surface area contributed by atoms with Crippen LogP contribution in [0.25, 0.3) is 0 Å². The highest BCUT2D eigenvalue weighted by Gasteiger charge is 2.39. The molecule has 0 aromatic rings. The first kappa shape index (κ1) is 13.8. The van der Waals surface area contributed by atoms with Crippen LogP contribution in [0.5, 0.6) is 0 Å². The second kappa shape index (κ2) is 6.11. The van der Waals surface area contributed by atoms with Crippen molar-refractivity contribution in [2.75, 3.05) is 19.8 Å². The predicted molar refractivity (Wildman–Crippen MR) is 76.3 cm³/mol. The van der Waals surface area contributed by atoms with Crippen LogP contribution in [0.4, 0.5) is 0 Å². The van der Waals surface area contributed by atoms with Gasteiger partial charge in [-0.15, -0.1) is 0 Å². The number of nitrogens with one attached hydrogen (secondary N) is 1. The zero-order valence-electron chi connectivity index (χ0n) is 12.3. The van der Waals surface area contributed by atoms with Gasteiger partial charge >= 0.3 is 0 Å². The molecule has 1 N–H and O–H groups in total. The van der Waals surface area contributed by atoms with Crippen LogP contribution in [0, 0.1) is 5.92 Å². The maximum atomic E-state index is 6.12. The van der Waals surface area contributed by atoms with Crippen LogP contribution in [0.2, 0.25) is 0 Å². The van der Waals surface area contributed by atoms with Gasteiger partial charge in [-0.3, -0.25) is 0 Å². The van der Waals surface area contributed by atoms with Gasteiger partial charge in [0.1, 0.15) is 0 Å². The molecule has 3 fully saturated rings. The van der Waals surface area contributed by atoms with Crippen molar-refractivity contribution >= 4 is 0 Å². The third-order valence-electron chi connectivity index (χ3n) is 5.50. The summed E-state index contributed by atoms with van der Waals surface area (Å²) in [7, 11) is 0. The van der Waals surface area contributed by atoms with Crippen molar-refractivity contribution in [1.82, 2.24) is 5.32 Å². The summed E-state index contributed by atoms with van der Waals surface area (Å²) >= 11 is 0. The Morgan fingerprint density at radius 3 is 2.53 bits per heavy atom. The summed E-state index contributed by atoms with van der Waals surface area (Å²) in [6.45, 7) is 5.08. The van der Waals surface area contributed by atoms with E-state index in [9.17, 15) is 0 Å². The van der Waals surface area contributed by atoms with Crippen molar-refractivity contribution in [3.63, 3.8) is 0 Å². The lowest BCUT2D eigenvalue weighted by atomic mass is 9.83. The topological polar surface area (TPSA) is 30.5 Å². The fourth-order valence-electron chi connectivity index (χ4n) is 4.23. The molecule has 2 aliphatic heterocycles. The smallest absolute Gasteiger partial charge is 0.0741 e. The van der Waals surface area contributed by atoms with Crippen LogP contribution >= 0.6 is 0 Å². The molecule has 0 radical (unpaired) electrons. The van der Waals surface area contributed by atoms with E-state index in [1.54, 1.807) is 0 Å². The molecule has 110 valence electrons. The van der Waals surface area contributed by atoms with Gasteiger partial charge in [0.2, 0.25) is 0 Å². The van der Waals surface area contributed by atoms with E-state index in [0.29, 0.717) is 12.1 Å². The van der Waals surface area contributed by atoms with Crippen LogP contribution in [0.1, 0.15) is 58.3 Å². The van der Waals surface area contributed by atoms with E-state index in [0.717, 1.165) is 38.6 Å². The molecule has 2 heterocycles. The van der Waals surface area contributed by atoms with Crippen LogP contribution < -0.4 is 5.32 Å². The summed E-state index contributed by atoms with van der Waals surface area (Å²) in [5.74, 6) is 0.911. The van der Waals surface area contributed by atoms with Gasteiger partial charge in [-0.2, -0.15) is 0 Å². The van der Waals surface area contributed by atoms with E-state index in [2.05, 4.69) is 12.2 Å². The van der Waals surface area contributed by atoms with Gasteiger partial charge in [-0.25, -0.2) is 0 Å². The Balaban J connectivity index is 1.52. The Labute approximate surface area is 117 Å². The van der Waals surface area contributed by atoms with E-state index in [-0.39, 0.29) is 5.60 Å². The first-order valence-electron chi connectivity index (χ1n) is 8.25. The maximum Gasteiger partial charge on any atom is 0.0741 e. The van der Waals surface area contributed by atoms with Crippen molar-refractivity contribution < 1.29 is 9.47 Å². The summed E-state index contributed by atoms with van der Waals surface area (Å²) in [5, 5.41) is 3.91. The zero-order valence-corrected chi connectivity index (χ0v) is 12.3. The third-order valence-corrected chi connectivity index (χ3v) is 5.50. The second-order valence-corrected chi connectivity index (χ2v) is 6.83. The van der Waals surface area contributed by atoms with Crippen LogP contribution in [0.15, 0.2) is 0 Å². The molecule has 0 aromatic carbocycles. The van der Waals surface area contributed by atoms with E-state index in [4.69, 9.17) is 9.47 Å². The van der Waals surface area contributed by atoms with E-state index in [1.807, 2.05) is 0 Å². The lowest BCUT2D eigenvalue weighted by molar-refractivity contribution is -0.141. The van der Waals surface area contributed by atoms with E-state index >= 15 is 0 Å². The number of rotatable bonds is 3. The molecule has 3 rings (SSSR count). The molecule has 3 nitrogen and oxygen atoms in total. The van der Waals surface area contributed by atoms with Crippen molar-refractivity contribution in [2.24, 2.45) is 5.92 Å². The van der Waals surface area contributed by atoms with Gasteiger partial charge in [0.15, 0.2) is 0 Å². The molecule has 2 atom stereocenters. The second-order valence-electron chi connectivity index (χ2n) is 6.83. The van der Waals surface area contributed by atoms with Gasteiger partial charge in [0, 0.05) is 31.9 Å². The third kappa shape index (κ3) is 3.32. The molecule has 2 saturated heterocycles. The van der Waals surface area contributed by atoms with Crippen LogP contribution in [0.3, 0.4) is 0 Å². The van der Waals surface area contributed by atoms with Gasteiger partial charge in [-0.05, 0) is 51.4 Å². The predicted octanol–water partition coefficient (Wildman–Crippen LogP) is 2.88. The van der Waals surface area contributed by atoms with Gasteiger partial charge in [0.05, 0.1) is 5.60 Å². The number of hydrogen-bond acceptors (Lipinski definition) is 3. The fraction of sp³-hybridized carbons (Fsp3) is 1.00. The number of ether oxygens (including phenoxy) is 2. The molecule has 1 aliphatic carbocycles. The minimum Gasteiger partial charge on any atom is -0.381 e. The van der Waals surface area contributed by atoms with E-state index in [1.165, 1.54) is 38.5 Å². The maximum absolute atomic E-state index is 6.12. The largest absolute Gasteiger partial charge is 0.381 e. The Morgan fingerprint density at radius 1 is 1.05 bits per heavy atom. The molecular weight excluding hydrogens is 238 g/mol. The van der Waals surface area contributed by atoms with Crippen LogP contribution in [-0.4, -0.2) is 37.5 Å². The van der Waals surface area contributed by atoms with Crippen molar-refractivity contribution in [3.05, 3.63) is 0 Å². The molecule has 0 bridgehead atoms. The molecule has 3 heteroatoms. The highest BCUT2D eigenvalue weighted by atomic mass is 16.5. The summed E-state index contributed by atoms with van der Waals surface area (Å²) in [6, 6.07) is 1.34.